The van der Waals surface area contributed by atoms with Crippen molar-refractivity contribution in [1.29, 1.82) is 0 Å². The first-order valence-electron chi connectivity index (χ1n) is 43.2. The van der Waals surface area contributed by atoms with Crippen LogP contribution in [0.3, 0.4) is 0 Å². The van der Waals surface area contributed by atoms with Crippen molar-refractivity contribution in [2.75, 3.05) is 138 Å². The van der Waals surface area contributed by atoms with Gasteiger partial charge in [-0.2, -0.15) is 25.5 Å². The van der Waals surface area contributed by atoms with E-state index in [0.717, 1.165) is 168 Å². The Hall–Kier alpha value is -10.3. The minimum Gasteiger partial charge on any atom is -0.397 e. The zero-order chi connectivity index (χ0) is 91.1. The largest absolute Gasteiger partial charge is 0.397 e. The molecule has 19 rings (SSSR count). The molecule has 4 atom stereocenters. The topological polar surface area (TPSA) is 468 Å². The molecule has 10 aromatic heterocycles. The molecule has 0 spiro atoms. The van der Waals surface area contributed by atoms with Crippen LogP contribution in [0.25, 0.3) is 51.1 Å². The van der Waals surface area contributed by atoms with Crippen molar-refractivity contribution in [3.05, 3.63) is 146 Å². The van der Waals surface area contributed by atoms with E-state index in [1.165, 1.54) is 121 Å². The third-order valence-electron chi connectivity index (χ3n) is 25.7. The second kappa shape index (κ2) is 38.8. The molecule has 2 aromatic carbocycles. The molecule has 0 aliphatic carbocycles. The van der Waals surface area contributed by atoms with Gasteiger partial charge in [0.05, 0.1) is 74.5 Å². The zero-order valence-electron chi connectivity index (χ0n) is 73.8. The van der Waals surface area contributed by atoms with Crippen molar-refractivity contribution in [3.63, 3.8) is 0 Å². The summed E-state index contributed by atoms with van der Waals surface area (Å²) < 4.78 is 50.3. The van der Waals surface area contributed by atoms with Crippen LogP contribution >= 0.6 is 56.7 Å². The number of fused-ring (bicyclic) bond motifs is 6. The van der Waals surface area contributed by atoms with E-state index >= 15 is 0 Å². The Balaban J connectivity index is 0.000000124. The number of sulfone groups is 1. The van der Waals surface area contributed by atoms with Crippen molar-refractivity contribution in [2.24, 2.45) is 11.8 Å². The number of amides is 5. The molecule has 7 aliphatic rings. The van der Waals surface area contributed by atoms with Gasteiger partial charge in [-0.1, -0.05) is 48.9 Å². The molecule has 17 heterocycles. The molecular formula is C88H110N24O9S7. The highest BCUT2D eigenvalue weighted by molar-refractivity contribution is 7.90. The fraction of sp³-hybridized carbons (Fsp3) is 0.466. The Morgan fingerprint density at radius 1 is 0.422 bits per heavy atom. The predicted molar refractivity (Wildman–Crippen MR) is 511 cm³/mol. The number of nitrogens with zero attached hydrogens (tertiary/aromatic N) is 16. The molecule has 33 nitrogen and oxygen atoms in total. The highest BCUT2D eigenvalue weighted by Gasteiger charge is 2.42. The Bertz CT molecular complexity index is 6490. The number of hydrogen-bond acceptors (Lipinski definition) is 32. The van der Waals surface area contributed by atoms with Crippen molar-refractivity contribution < 1.29 is 40.8 Å². The van der Waals surface area contributed by atoms with E-state index in [1.54, 1.807) is 29.2 Å². The number of piperidine rings is 1. The number of thiophene rings is 5. The molecule has 0 radical (unpaired) electrons. The van der Waals surface area contributed by atoms with Gasteiger partial charge in [0, 0.05) is 116 Å². The SMILES string of the molecule is Cc1nnc2sc(C(=O)N3CC(NS(=O)(=O)CCCc4ccccc4)C3)c(N)c2c1C.Cc1nnc2sc(C(=O)N3CC4CNCC4C3)c(N)c2c1C.Cc1nnc2sc(C(=O)N3CCC(N4CCCC4)C3)c(N)c2c1C.Cc1nnc2sc(C(=O)N3CCC(N4CCCCC4)C3)c(N)c2c1C.Cc1nnc2sc(C(=O)Nc3cccc(CS(C)(=O)=O)c3)c(N)c2c1C. The van der Waals surface area contributed by atoms with Gasteiger partial charge in [-0.25, -0.2) is 21.6 Å². The van der Waals surface area contributed by atoms with Gasteiger partial charge in [0.1, 0.15) is 48.5 Å². The Labute approximate surface area is 763 Å². The smallest absolute Gasteiger partial charge is 0.267 e. The molecule has 4 unspecified atom stereocenters. The summed E-state index contributed by atoms with van der Waals surface area (Å²) in [6.45, 7) is 31.5. The minimum atomic E-state index is -3.39. The summed E-state index contributed by atoms with van der Waals surface area (Å²) in [6.07, 6.45) is 11.0. The van der Waals surface area contributed by atoms with Crippen LogP contribution in [0.4, 0.5) is 34.1 Å². The Kier molecular flexibility index (Phi) is 28.0. The lowest BCUT2D eigenvalue weighted by Crippen LogP contribution is -2.61. The van der Waals surface area contributed by atoms with Gasteiger partial charge in [-0.05, 0) is 210 Å². The van der Waals surface area contributed by atoms with Crippen molar-refractivity contribution in [3.8, 4) is 0 Å². The number of carbonyl (C=O) groups excluding carboxylic acids is 5. The number of benzene rings is 2. The molecule has 7 fully saturated rings. The number of rotatable bonds is 16. The lowest BCUT2D eigenvalue weighted by molar-refractivity contribution is 0.0597. The molecule has 128 heavy (non-hydrogen) atoms. The first-order valence-corrected chi connectivity index (χ1v) is 50.9. The van der Waals surface area contributed by atoms with Crippen LogP contribution in [-0.2, 0) is 32.0 Å². The molecule has 7 aliphatic heterocycles. The molecule has 12 aromatic rings. The quantitative estimate of drug-likeness (QED) is 0.0445. The Morgan fingerprint density at radius 3 is 1.16 bits per heavy atom. The average molecular weight is 1870 g/mol. The number of carbonyl (C=O) groups is 5. The van der Waals surface area contributed by atoms with E-state index in [-0.39, 0.29) is 47.1 Å². The maximum absolute atomic E-state index is 13.1. The van der Waals surface area contributed by atoms with Crippen molar-refractivity contribution in [2.45, 2.75) is 151 Å². The third-order valence-corrected chi connectivity index (χ3v) is 33.4. The molecule has 0 saturated carbocycles. The van der Waals surface area contributed by atoms with Gasteiger partial charge in [0.2, 0.25) is 10.0 Å². The first-order chi connectivity index (χ1) is 61.1. The number of anilines is 6. The number of nitrogen functional groups attached to an aromatic ring is 5. The van der Waals surface area contributed by atoms with Crippen molar-refractivity contribution in [1.82, 2.24) is 90.4 Å². The number of hydrogen-bond donors (Lipinski definition) is 8. The summed E-state index contributed by atoms with van der Waals surface area (Å²) >= 11 is 6.52. The van der Waals surface area contributed by atoms with E-state index in [9.17, 15) is 40.8 Å². The Morgan fingerprint density at radius 2 is 0.773 bits per heavy atom. The van der Waals surface area contributed by atoms with Crippen molar-refractivity contribution >= 4 is 191 Å². The van der Waals surface area contributed by atoms with E-state index in [4.69, 9.17) is 28.7 Å². The number of nitrogens with one attached hydrogen (secondary N) is 3. The van der Waals surface area contributed by atoms with Crippen LogP contribution in [0.1, 0.15) is 167 Å². The molecule has 678 valence electrons. The number of sulfonamides is 1. The van der Waals surface area contributed by atoms with Crippen LogP contribution in [0, 0.1) is 81.1 Å². The lowest BCUT2D eigenvalue weighted by Gasteiger charge is -2.39. The summed E-state index contributed by atoms with van der Waals surface area (Å²) in [5.74, 6) is 0.740. The van der Waals surface area contributed by atoms with E-state index in [1.807, 2.05) is 114 Å². The molecular weight excluding hydrogens is 1760 g/mol. The maximum atomic E-state index is 13.1. The van der Waals surface area contributed by atoms with Gasteiger partial charge in [0.15, 0.2) is 9.84 Å². The highest BCUT2D eigenvalue weighted by atomic mass is 32.2. The van der Waals surface area contributed by atoms with Crippen LogP contribution in [0.2, 0.25) is 0 Å². The fourth-order valence-corrected chi connectivity index (χ4v) is 25.2. The molecule has 7 saturated heterocycles. The second-order valence-corrected chi connectivity index (χ2v) is 43.5. The first kappa shape index (κ1) is 92.4. The zero-order valence-corrected chi connectivity index (χ0v) is 79.6. The van der Waals surface area contributed by atoms with E-state index < -0.39 is 19.9 Å². The third kappa shape index (κ3) is 19.9. The predicted octanol–water partition coefficient (Wildman–Crippen LogP) is 10.9. The van der Waals surface area contributed by atoms with Crippen LogP contribution in [0.5, 0.6) is 0 Å². The fourth-order valence-electron chi connectivity index (χ4n) is 17.8. The summed E-state index contributed by atoms with van der Waals surface area (Å²) in [6, 6.07) is 17.3. The van der Waals surface area contributed by atoms with Crippen LogP contribution < -0.4 is 44.0 Å². The summed E-state index contributed by atoms with van der Waals surface area (Å²) in [7, 11) is -6.55. The average Bonchev–Trinajstić information content (AvgIpc) is 1.62. The summed E-state index contributed by atoms with van der Waals surface area (Å²) in [5.41, 5.74) is 45.1. The van der Waals surface area contributed by atoms with Gasteiger partial charge in [0.25, 0.3) is 29.5 Å². The monoisotopic (exact) mass is 1870 g/mol. The summed E-state index contributed by atoms with van der Waals surface area (Å²) in [5, 5.41) is 51.9. The van der Waals surface area contributed by atoms with Gasteiger partial charge in [-0.3, -0.25) is 33.8 Å². The van der Waals surface area contributed by atoms with E-state index in [0.29, 0.717) is 124 Å². The highest BCUT2D eigenvalue weighted by Crippen LogP contribution is 2.43. The number of nitrogens with two attached hydrogens (primary N) is 5. The summed E-state index contributed by atoms with van der Waals surface area (Å²) in [4.78, 5) is 83.2. The number of aryl methyl sites for hydroxylation is 11. The molecule has 13 N–H and O–H groups in total. The van der Waals surface area contributed by atoms with Gasteiger partial charge >= 0.3 is 0 Å². The van der Waals surface area contributed by atoms with Crippen LogP contribution in [0.15, 0.2) is 54.6 Å². The van der Waals surface area contributed by atoms with Gasteiger partial charge < -0.3 is 58.9 Å². The van der Waals surface area contributed by atoms with E-state index in [2.05, 4.69) is 76.1 Å². The molecule has 40 heteroatoms. The molecule has 5 amide bonds. The number of likely N-dealkylation sites (tertiary alicyclic amines) is 6. The van der Waals surface area contributed by atoms with Crippen LogP contribution in [-0.4, -0.2) is 249 Å². The second-order valence-electron chi connectivity index (χ2n) is 34.5. The maximum Gasteiger partial charge on any atom is 0.267 e. The molecule has 0 bridgehead atoms. The standard InChI is InChI=1S/C21H25N5O3S2.C18H25N5OS.C17H23N5OS.C17H18N4O3S2.C15H19N5OS/c1-13-14(2)23-24-20-17(13)18(22)19(30-20)21(27)26-11-16(12-26)25-31(28,29)10-6-9-15-7-4-3-5-8-15;1-11-12(2)20-21-17-14(11)15(19)16(25-17)18(24)23-9-6-13(10-23)22-7-4-3-5-8-22;1-10-11(2)19-20-16-13(10)14(18)15(24-16)17(23)22-8-5-12(9-22)21-6-3-4-7-21;1-9-10(2)20-21-17-13(9)14(18)15(25-17)16(22)19-12-6-4-5-11(7-12)8-26(3,23)24;1-7-8(2)18-19-14-11(7)12(16)13(22-14)15(21)20-5-9-3-17-4-10(9)6-20/h3-5,7-8,16,25H,6,9-12,22H2,1-2H3;13H,3-10,19H2,1-2H3;12H,3-9,18H2,1-2H3;4-7H,8,18H2,1-3H3,(H,19,22);9-10,17H,3-6,16H2,1-2H3. The minimum absolute atomic E-state index is 0.0481. The normalized spacial score (nSPS) is 18.5. The number of aromatic nitrogens is 10. The van der Waals surface area contributed by atoms with Gasteiger partial charge in [-0.15, -0.1) is 82.2 Å². The lowest BCUT2D eigenvalue weighted by atomic mass is 10.0.